The lowest BCUT2D eigenvalue weighted by Gasteiger charge is -2.25. The molecule has 0 aliphatic heterocycles. The largest absolute Gasteiger partial charge is 0.477 e. The molecular formula is C84H148NO8+. The number of esters is 2. The van der Waals surface area contributed by atoms with Crippen LogP contribution in [0.5, 0.6) is 0 Å². The van der Waals surface area contributed by atoms with Crippen LogP contribution in [0.25, 0.3) is 0 Å². The molecule has 0 saturated carbocycles. The standard InChI is InChI=1S/C84H147NO8/c1-6-8-10-12-14-16-18-20-22-24-26-28-30-32-34-36-38-39-40-41-42-43-45-46-48-50-52-54-56-58-60-62-64-66-68-70-72-74-81(86)91-78-80(79-92-84(83(88)89)90-77-76-85(3,4)5)93-82(87)75-73-71-69-67-65-63-61-59-57-55-53-51-49-47-44-37-35-33-31-29-27-25-23-21-19-17-15-13-11-9-7-2/h8-11,14-17,20-23,26-29,33,35,80,84H,6-7,12-13,18-19,24-25,30-32,34,36-79H2,1-5H3/p+1/b10-8-,11-9-,16-14-,17-15-,22-20-,23-21-,28-26-,29-27-,35-33-. The number of hydrogen-bond acceptors (Lipinski definition) is 7. The molecule has 93 heavy (non-hydrogen) atoms. The van der Waals surface area contributed by atoms with E-state index < -0.39 is 24.3 Å². The number of nitrogens with zero attached hydrogens (tertiary/aromatic N) is 1. The van der Waals surface area contributed by atoms with E-state index in [2.05, 4.69) is 123 Å². The van der Waals surface area contributed by atoms with Crippen molar-refractivity contribution in [3.8, 4) is 0 Å². The summed E-state index contributed by atoms with van der Waals surface area (Å²) in [4.78, 5) is 37.7. The first-order valence-corrected chi connectivity index (χ1v) is 39.1. The summed E-state index contributed by atoms with van der Waals surface area (Å²) in [5.41, 5.74) is 0. The molecule has 1 N–H and O–H groups in total. The number of carboxylic acids is 1. The van der Waals surface area contributed by atoms with E-state index in [0.717, 1.165) is 96.3 Å². The Hall–Kier alpha value is -4.05. The lowest BCUT2D eigenvalue weighted by atomic mass is 10.0. The number of aliphatic carboxylic acids is 1. The van der Waals surface area contributed by atoms with Gasteiger partial charge in [-0.05, 0) is 96.3 Å². The van der Waals surface area contributed by atoms with Crippen molar-refractivity contribution in [1.29, 1.82) is 0 Å². The van der Waals surface area contributed by atoms with Crippen LogP contribution < -0.4 is 0 Å². The molecule has 0 saturated heterocycles. The van der Waals surface area contributed by atoms with Gasteiger partial charge in [-0.15, -0.1) is 0 Å². The first kappa shape index (κ1) is 89.0. The van der Waals surface area contributed by atoms with E-state index in [1.54, 1.807) is 0 Å². The number of rotatable bonds is 72. The highest BCUT2D eigenvalue weighted by Crippen LogP contribution is 2.19. The molecule has 0 amide bonds. The third-order valence-corrected chi connectivity index (χ3v) is 17.0. The smallest absolute Gasteiger partial charge is 0.361 e. The molecule has 0 radical (unpaired) electrons. The molecule has 0 aliphatic rings. The summed E-state index contributed by atoms with van der Waals surface area (Å²) in [6.07, 6.45) is 101. The number of ether oxygens (including phenoxy) is 4. The fraction of sp³-hybridized carbons (Fsp3) is 0.750. The summed E-state index contributed by atoms with van der Waals surface area (Å²) in [5.74, 6) is -1.99. The minimum Gasteiger partial charge on any atom is -0.477 e. The molecule has 9 heteroatoms. The van der Waals surface area contributed by atoms with Crippen LogP contribution in [0.4, 0.5) is 0 Å². The molecule has 536 valence electrons. The molecule has 0 fully saturated rings. The number of quaternary nitrogens is 1. The normalized spacial score (nSPS) is 13.3. The molecule has 9 nitrogen and oxygen atoms in total. The molecule has 0 aromatic heterocycles. The van der Waals surface area contributed by atoms with Crippen LogP contribution in [0.2, 0.25) is 0 Å². The zero-order valence-electron chi connectivity index (χ0n) is 61.4. The summed E-state index contributed by atoms with van der Waals surface area (Å²) in [7, 11) is 5.99. The van der Waals surface area contributed by atoms with Crippen LogP contribution in [0.1, 0.15) is 348 Å². The van der Waals surface area contributed by atoms with Crippen molar-refractivity contribution in [2.45, 2.75) is 360 Å². The zero-order valence-corrected chi connectivity index (χ0v) is 61.4. The summed E-state index contributed by atoms with van der Waals surface area (Å²) in [6, 6.07) is 0. The monoisotopic (exact) mass is 1300 g/mol. The molecule has 0 aliphatic carbocycles. The van der Waals surface area contributed by atoms with Crippen LogP contribution in [0.3, 0.4) is 0 Å². The van der Waals surface area contributed by atoms with Gasteiger partial charge in [-0.25, -0.2) is 4.79 Å². The van der Waals surface area contributed by atoms with E-state index in [0.29, 0.717) is 17.4 Å². The minimum atomic E-state index is -1.51. The fourth-order valence-corrected chi connectivity index (χ4v) is 11.2. The summed E-state index contributed by atoms with van der Waals surface area (Å²) >= 11 is 0. The van der Waals surface area contributed by atoms with Gasteiger partial charge in [0.15, 0.2) is 6.10 Å². The average molecular weight is 1300 g/mol. The third kappa shape index (κ3) is 75.2. The van der Waals surface area contributed by atoms with E-state index in [1.807, 2.05) is 21.1 Å². The summed E-state index contributed by atoms with van der Waals surface area (Å²) in [6.45, 7) is 4.69. The summed E-state index contributed by atoms with van der Waals surface area (Å²) < 4.78 is 23.0. The average Bonchev–Trinajstić information content (AvgIpc) is 3.38. The van der Waals surface area contributed by atoms with Gasteiger partial charge in [0, 0.05) is 12.8 Å². The number of unbranched alkanes of at least 4 members (excludes halogenated alkanes) is 39. The van der Waals surface area contributed by atoms with Crippen LogP contribution in [0, 0.1) is 0 Å². The predicted molar refractivity (Wildman–Crippen MR) is 401 cm³/mol. The maximum atomic E-state index is 13.0. The molecule has 0 rings (SSSR count). The Labute approximate surface area is 575 Å². The highest BCUT2D eigenvalue weighted by atomic mass is 16.7. The third-order valence-electron chi connectivity index (χ3n) is 17.0. The summed E-state index contributed by atoms with van der Waals surface area (Å²) in [5, 5.41) is 9.77. The predicted octanol–water partition coefficient (Wildman–Crippen LogP) is 24.9. The van der Waals surface area contributed by atoms with Gasteiger partial charge in [-0.3, -0.25) is 9.59 Å². The van der Waals surface area contributed by atoms with Gasteiger partial charge in [0.25, 0.3) is 6.29 Å². The Bertz CT molecular complexity index is 1900. The molecule has 0 aromatic rings. The van der Waals surface area contributed by atoms with Gasteiger partial charge in [-0.2, -0.15) is 0 Å². The van der Waals surface area contributed by atoms with Crippen LogP contribution in [-0.4, -0.2) is 87.4 Å². The highest BCUT2D eigenvalue weighted by molar-refractivity contribution is 5.71. The Balaban J connectivity index is 4.00. The van der Waals surface area contributed by atoms with E-state index in [9.17, 15) is 19.5 Å². The number of carboxylic acid groups (broad SMARTS) is 1. The van der Waals surface area contributed by atoms with Crippen molar-refractivity contribution in [3.05, 3.63) is 109 Å². The molecular weight excluding hydrogens is 1150 g/mol. The van der Waals surface area contributed by atoms with Gasteiger partial charge < -0.3 is 28.5 Å². The zero-order chi connectivity index (χ0) is 67.5. The molecule has 2 unspecified atom stereocenters. The van der Waals surface area contributed by atoms with Crippen LogP contribution in [0.15, 0.2) is 109 Å². The first-order chi connectivity index (χ1) is 45.6. The van der Waals surface area contributed by atoms with Crippen molar-refractivity contribution in [2.75, 3.05) is 47.5 Å². The lowest BCUT2D eigenvalue weighted by Crippen LogP contribution is -2.40. The van der Waals surface area contributed by atoms with Crippen molar-refractivity contribution in [3.63, 3.8) is 0 Å². The highest BCUT2D eigenvalue weighted by Gasteiger charge is 2.25. The van der Waals surface area contributed by atoms with E-state index in [4.69, 9.17) is 18.9 Å². The second-order valence-electron chi connectivity index (χ2n) is 27.3. The van der Waals surface area contributed by atoms with Crippen LogP contribution >= 0.6 is 0 Å². The van der Waals surface area contributed by atoms with Crippen molar-refractivity contribution in [1.82, 2.24) is 0 Å². The van der Waals surface area contributed by atoms with Crippen molar-refractivity contribution >= 4 is 17.9 Å². The maximum absolute atomic E-state index is 13.0. The van der Waals surface area contributed by atoms with Gasteiger partial charge >= 0.3 is 17.9 Å². The lowest BCUT2D eigenvalue weighted by molar-refractivity contribution is -0.870. The second kappa shape index (κ2) is 73.8. The van der Waals surface area contributed by atoms with Crippen molar-refractivity contribution < 1.29 is 42.9 Å². The van der Waals surface area contributed by atoms with Gasteiger partial charge in [0.2, 0.25) is 0 Å². The molecule has 0 spiro atoms. The second-order valence-corrected chi connectivity index (χ2v) is 27.3. The van der Waals surface area contributed by atoms with E-state index >= 15 is 0 Å². The van der Waals surface area contributed by atoms with E-state index in [1.165, 1.54) is 225 Å². The SMILES string of the molecule is CC/C=C\C/C=C\C/C=C\C/C=C\C/C=C\CCCCCCCCCCCCCCCCCC(=O)OC(COC(=O)CCCCCCCCCCCCCCCCCCCCCCCCCC/C=C\C/C=C\C/C=C\C/C=C\CC)COC(OCC[N+](C)(C)C)C(=O)O. The maximum Gasteiger partial charge on any atom is 0.361 e. The Morgan fingerprint density at radius 2 is 0.581 bits per heavy atom. The van der Waals surface area contributed by atoms with Gasteiger partial charge in [0.1, 0.15) is 13.2 Å². The molecule has 0 bridgehead atoms. The molecule has 0 aromatic carbocycles. The van der Waals surface area contributed by atoms with Gasteiger partial charge in [0.05, 0.1) is 34.4 Å². The Morgan fingerprint density at radius 3 is 0.860 bits per heavy atom. The molecule has 2 atom stereocenters. The fourth-order valence-electron chi connectivity index (χ4n) is 11.2. The first-order valence-electron chi connectivity index (χ1n) is 39.1. The Kier molecular flexibility index (Phi) is 70.5. The number of carbonyl (C=O) groups is 3. The van der Waals surface area contributed by atoms with E-state index in [-0.39, 0.29) is 32.2 Å². The number of carbonyl (C=O) groups excluding carboxylic acids is 2. The minimum absolute atomic E-state index is 0.181. The van der Waals surface area contributed by atoms with Gasteiger partial charge in [-0.1, -0.05) is 348 Å². The van der Waals surface area contributed by atoms with Crippen LogP contribution in [-0.2, 0) is 33.3 Å². The molecule has 0 heterocycles. The number of allylic oxidation sites excluding steroid dienone is 18. The van der Waals surface area contributed by atoms with Crippen molar-refractivity contribution in [2.24, 2.45) is 0 Å². The number of likely N-dealkylation sites (N-methyl/N-ethyl adjacent to an activating group) is 1. The quantitative estimate of drug-likeness (QED) is 0.0211. The Morgan fingerprint density at radius 1 is 0.323 bits per heavy atom. The number of hydrogen-bond donors (Lipinski definition) is 1. The topological polar surface area (TPSA) is 108 Å².